The van der Waals surface area contributed by atoms with E-state index >= 15 is 0 Å². The van der Waals surface area contributed by atoms with Crippen LogP contribution in [-0.2, 0) is 0 Å². The molecule has 0 fully saturated rings. The molecule has 7 nitrogen and oxygen atoms in total. The minimum Gasteiger partial charge on any atom is -0.345 e. The van der Waals surface area contributed by atoms with Crippen LogP contribution in [0.25, 0.3) is 16.7 Å². The van der Waals surface area contributed by atoms with Gasteiger partial charge in [-0.25, -0.2) is 5.21 Å². The van der Waals surface area contributed by atoms with Crippen molar-refractivity contribution in [2.75, 3.05) is 24.3 Å². The molecule has 0 bridgehead atoms. The number of nitriles is 1. The quantitative estimate of drug-likeness (QED) is 0.116. The first-order valence-corrected chi connectivity index (χ1v) is 17.5. The van der Waals surface area contributed by atoms with E-state index in [0.29, 0.717) is 16.3 Å². The van der Waals surface area contributed by atoms with Gasteiger partial charge in [0.05, 0.1) is 10.5 Å². The molecule has 252 valence electrons. The van der Waals surface area contributed by atoms with Crippen molar-refractivity contribution < 1.29 is 14.7 Å². The number of hydrogen-bond donors (Lipinski definition) is 2. The van der Waals surface area contributed by atoms with Crippen LogP contribution in [0.1, 0.15) is 16.0 Å². The summed E-state index contributed by atoms with van der Waals surface area (Å²) >= 11 is 1.44. The molecule has 6 aromatic rings. The molecule has 0 atom stereocenters. The van der Waals surface area contributed by atoms with Crippen LogP contribution in [-0.4, -0.2) is 34.5 Å². The van der Waals surface area contributed by atoms with Gasteiger partial charge in [-0.15, -0.1) is 11.3 Å². The van der Waals surface area contributed by atoms with E-state index in [1.165, 1.54) is 17.4 Å². The molecule has 52 heavy (non-hydrogen) atoms. The molecule has 0 amide bonds. The Hall–Kier alpha value is -6.82. The molecular weight excluding hydrogens is 663 g/mol. The highest BCUT2D eigenvalue weighted by Crippen LogP contribution is 2.48. The molecule has 5 aromatic carbocycles. The zero-order chi connectivity index (χ0) is 36.0. The van der Waals surface area contributed by atoms with Gasteiger partial charge in [-0.1, -0.05) is 91.0 Å². The minimum absolute atomic E-state index is 0.0445. The molecule has 0 unspecified atom stereocenters. The van der Waals surface area contributed by atoms with Crippen molar-refractivity contribution in [1.29, 1.82) is 5.26 Å². The van der Waals surface area contributed by atoms with Crippen LogP contribution >= 0.6 is 11.3 Å². The highest BCUT2D eigenvalue weighted by atomic mass is 32.1. The molecule has 8 heteroatoms. The third-order valence-electron chi connectivity index (χ3n) is 9.04. The molecule has 1 aromatic heterocycles. The second-order valence-corrected chi connectivity index (χ2v) is 13.2. The molecule has 2 N–H and O–H groups in total. The van der Waals surface area contributed by atoms with Gasteiger partial charge in [0.25, 0.3) is 4.92 Å². The number of nitrogens with zero attached hydrogens (tertiary/aromatic N) is 4. The molecule has 0 saturated heterocycles. The number of benzene rings is 5. The lowest BCUT2D eigenvalue weighted by atomic mass is 9.90. The fourth-order valence-corrected chi connectivity index (χ4v) is 7.56. The number of anilines is 4. The lowest BCUT2D eigenvalue weighted by Gasteiger charge is -2.20. The van der Waals surface area contributed by atoms with E-state index in [1.54, 1.807) is 18.2 Å². The highest BCUT2D eigenvalue weighted by molar-refractivity contribution is 7.18. The Morgan fingerprint density at radius 3 is 1.96 bits per heavy atom. The first kappa shape index (κ1) is 33.7. The lowest BCUT2D eigenvalue weighted by molar-refractivity contribution is -0.729. The van der Waals surface area contributed by atoms with Crippen LogP contribution < -0.4 is 10.2 Å². The smallest absolute Gasteiger partial charge is 0.339 e. The van der Waals surface area contributed by atoms with Gasteiger partial charge in [-0.2, -0.15) is 9.84 Å². The van der Waals surface area contributed by atoms with Crippen molar-refractivity contribution in [3.63, 3.8) is 0 Å². The van der Waals surface area contributed by atoms with Crippen molar-refractivity contribution >= 4 is 56.1 Å². The van der Waals surface area contributed by atoms with Gasteiger partial charge in [0.2, 0.25) is 11.4 Å². The van der Waals surface area contributed by atoms with E-state index in [1.807, 2.05) is 80.8 Å². The number of nitrogens with one attached hydrogen (secondary N) is 1. The molecule has 1 aliphatic carbocycles. The average molecular weight is 698 g/mol. The normalized spacial score (nSPS) is 11.9. The summed E-state index contributed by atoms with van der Waals surface area (Å²) in [6.45, 7) is 0. The average Bonchev–Trinajstić information content (AvgIpc) is 3.56. The Balaban J connectivity index is 1.43. The number of allylic oxidation sites excluding steroid dienone is 5. The van der Waals surface area contributed by atoms with Gasteiger partial charge < -0.3 is 10.2 Å². The Morgan fingerprint density at radius 2 is 1.33 bits per heavy atom. The molecule has 0 radical (unpaired) electrons. The largest absolute Gasteiger partial charge is 0.345 e. The fourth-order valence-electron chi connectivity index (χ4n) is 6.28. The second-order valence-electron chi connectivity index (χ2n) is 12.2. The maximum atomic E-state index is 12.1. The van der Waals surface area contributed by atoms with Gasteiger partial charge in [0, 0.05) is 64.8 Å². The van der Waals surface area contributed by atoms with Gasteiger partial charge in [0.1, 0.15) is 23.8 Å². The third kappa shape index (κ3) is 6.81. The number of thiophene rings is 1. The van der Waals surface area contributed by atoms with Crippen LogP contribution in [0, 0.1) is 16.2 Å². The van der Waals surface area contributed by atoms with Crippen LogP contribution in [0.5, 0.6) is 0 Å². The van der Waals surface area contributed by atoms with Crippen molar-refractivity contribution in [2.24, 2.45) is 0 Å². The van der Waals surface area contributed by atoms with E-state index in [9.17, 15) is 15.4 Å². The molecule has 0 aliphatic heterocycles. The van der Waals surface area contributed by atoms with E-state index in [2.05, 4.69) is 93.7 Å². The Morgan fingerprint density at radius 1 is 0.750 bits per heavy atom. The monoisotopic (exact) mass is 697 g/mol. The van der Waals surface area contributed by atoms with Crippen LogP contribution in [0.2, 0.25) is 0 Å². The Labute approximate surface area is 306 Å². The predicted molar refractivity (Wildman–Crippen MR) is 212 cm³/mol. The number of rotatable bonds is 9. The molecule has 1 heterocycles. The summed E-state index contributed by atoms with van der Waals surface area (Å²) in [6, 6.07) is 47.9. The summed E-state index contributed by atoms with van der Waals surface area (Å²) in [7, 11) is 4.10. The van der Waals surface area contributed by atoms with Crippen molar-refractivity contribution in [3.8, 4) is 17.2 Å². The summed E-state index contributed by atoms with van der Waals surface area (Å²) in [6.07, 6.45) is 8.47. The Bertz CT molecular complexity index is 2400. The standard InChI is InChI=1S/C44H34N5O2S/c1-47(34-16-8-4-9-17-34)36-26-22-32(23-27-36)41(33-24-28-37(29-25-33)48(2)35-18-10-5-11-19-35)43-42(31-14-6-3-7-15-31)38(30-45)44(52-43)46-39-20-12-13-21-40(39)49(50)51/h3-29H,1-2H3,(H,50,51)/q+1/p+1. The summed E-state index contributed by atoms with van der Waals surface area (Å²) in [5.41, 5.74) is 9.67. The van der Waals surface area contributed by atoms with E-state index < -0.39 is 0 Å². The maximum absolute atomic E-state index is 12.1. The van der Waals surface area contributed by atoms with Crippen LogP contribution in [0.15, 0.2) is 169 Å². The first-order valence-electron chi connectivity index (χ1n) is 16.7. The van der Waals surface area contributed by atoms with E-state index in [4.69, 9.17) is 0 Å². The number of para-hydroxylation sites is 4. The lowest BCUT2D eigenvalue weighted by Crippen LogP contribution is -2.10. The Kier molecular flexibility index (Phi) is 9.69. The number of hydrogen-bond acceptors (Lipinski definition) is 5. The van der Waals surface area contributed by atoms with Gasteiger partial charge in [-0.3, -0.25) is 0 Å². The van der Waals surface area contributed by atoms with Gasteiger partial charge >= 0.3 is 5.69 Å². The van der Waals surface area contributed by atoms with Crippen molar-refractivity contribution in [2.45, 2.75) is 0 Å². The SMILES string of the molecule is CN(c1ccccc1)c1ccc(C(=C2C=CC(=[N+](C)c3ccccc3)C=C2)c2sc(Nc3ccccc3[N+](=O)O)c(C#N)c2-c2ccccc2)cc1. The van der Waals surface area contributed by atoms with Crippen LogP contribution in [0.4, 0.5) is 33.4 Å². The summed E-state index contributed by atoms with van der Waals surface area (Å²) in [4.78, 5) is 14.9. The van der Waals surface area contributed by atoms with Gasteiger partial charge in [0.15, 0.2) is 0 Å². The van der Waals surface area contributed by atoms with Crippen LogP contribution in [0.3, 0.4) is 0 Å². The van der Waals surface area contributed by atoms with E-state index in [-0.39, 0.29) is 10.6 Å². The third-order valence-corrected chi connectivity index (χ3v) is 10.2. The fraction of sp³-hybridized carbons (Fsp3) is 0.0455. The van der Waals surface area contributed by atoms with E-state index in [0.717, 1.165) is 55.5 Å². The summed E-state index contributed by atoms with van der Waals surface area (Å²) in [5.74, 6) is 0. The summed E-state index contributed by atoms with van der Waals surface area (Å²) < 4.78 is 2.14. The highest BCUT2D eigenvalue weighted by Gasteiger charge is 2.27. The molecule has 0 saturated carbocycles. The molecule has 7 rings (SSSR count). The van der Waals surface area contributed by atoms with Crippen molar-refractivity contribution in [3.05, 3.63) is 190 Å². The molecule has 1 aliphatic rings. The zero-order valence-electron chi connectivity index (χ0n) is 28.6. The first-order chi connectivity index (χ1) is 25.4. The minimum atomic E-state index is -0.166. The van der Waals surface area contributed by atoms with Gasteiger partial charge in [-0.05, 0) is 59.2 Å². The summed E-state index contributed by atoms with van der Waals surface area (Å²) in [5, 5.41) is 24.5. The molecule has 0 spiro atoms. The topological polar surface area (TPSA) is 82.4 Å². The zero-order valence-corrected chi connectivity index (χ0v) is 29.5. The second kappa shape index (κ2) is 15.0. The predicted octanol–water partition coefficient (Wildman–Crippen LogP) is 10.9. The van der Waals surface area contributed by atoms with Crippen molar-refractivity contribution in [1.82, 2.24) is 0 Å². The molecular formula is C44H35N5O2S+2. The maximum Gasteiger partial charge on any atom is 0.339 e.